The average molecular weight is 498 g/mol. The van der Waals surface area contributed by atoms with Crippen molar-refractivity contribution in [2.75, 3.05) is 10.0 Å². The smallest absolute Gasteiger partial charge is 0.261 e. The van der Waals surface area contributed by atoms with Gasteiger partial charge in [0.1, 0.15) is 0 Å². The van der Waals surface area contributed by atoms with Crippen molar-refractivity contribution < 1.29 is 13.2 Å². The van der Waals surface area contributed by atoms with Crippen LogP contribution in [0.1, 0.15) is 22.8 Å². The van der Waals surface area contributed by atoms with Crippen LogP contribution in [0.5, 0.6) is 0 Å². The van der Waals surface area contributed by atoms with E-state index in [0.29, 0.717) is 15.7 Å². The number of anilines is 2. The zero-order chi connectivity index (χ0) is 23.4. The minimum atomic E-state index is -3.81. The van der Waals surface area contributed by atoms with Gasteiger partial charge in [-0.1, -0.05) is 48.9 Å². The van der Waals surface area contributed by atoms with Crippen LogP contribution in [-0.2, 0) is 16.4 Å². The molecule has 0 aliphatic heterocycles. The molecule has 1 heterocycles. The molecule has 0 atom stereocenters. The zero-order valence-electron chi connectivity index (χ0n) is 17.6. The Kier molecular flexibility index (Phi) is 6.78. The fraction of sp³-hybridized carbons (Fsp3) is 0.0833. The second-order valence-corrected chi connectivity index (χ2v) is 10.2. The number of carbonyl (C=O) groups excluding carboxylic acids is 1. The molecule has 1 amide bonds. The van der Waals surface area contributed by atoms with Crippen LogP contribution in [0.2, 0.25) is 5.02 Å². The van der Waals surface area contributed by atoms with Crippen LogP contribution in [0.25, 0.3) is 11.3 Å². The molecule has 0 saturated carbocycles. The third-order valence-corrected chi connectivity index (χ3v) is 7.29. The van der Waals surface area contributed by atoms with Crippen molar-refractivity contribution in [1.29, 1.82) is 0 Å². The summed E-state index contributed by atoms with van der Waals surface area (Å²) in [5, 5.41) is 5.56. The first kappa shape index (κ1) is 23.0. The Morgan fingerprint density at radius 2 is 1.76 bits per heavy atom. The number of nitrogens with zero attached hydrogens (tertiary/aromatic N) is 1. The highest BCUT2D eigenvalue weighted by atomic mass is 35.5. The Morgan fingerprint density at radius 1 is 1.03 bits per heavy atom. The summed E-state index contributed by atoms with van der Waals surface area (Å²) >= 11 is 7.15. The molecule has 33 heavy (non-hydrogen) atoms. The van der Waals surface area contributed by atoms with E-state index in [1.807, 2.05) is 17.5 Å². The maximum atomic E-state index is 12.7. The fourth-order valence-corrected chi connectivity index (χ4v) is 4.99. The van der Waals surface area contributed by atoms with Crippen molar-refractivity contribution in [3.05, 3.63) is 94.3 Å². The number of amides is 1. The molecule has 0 aliphatic carbocycles. The molecule has 0 unspecified atom stereocenters. The molecule has 6 nitrogen and oxygen atoms in total. The van der Waals surface area contributed by atoms with Crippen LogP contribution < -0.4 is 10.0 Å². The summed E-state index contributed by atoms with van der Waals surface area (Å²) in [7, 11) is -3.81. The monoisotopic (exact) mass is 497 g/mol. The van der Waals surface area contributed by atoms with Crippen LogP contribution >= 0.6 is 22.9 Å². The molecule has 4 rings (SSSR count). The van der Waals surface area contributed by atoms with Gasteiger partial charge in [-0.3, -0.25) is 14.8 Å². The molecule has 0 saturated heterocycles. The van der Waals surface area contributed by atoms with Gasteiger partial charge in [-0.25, -0.2) is 13.4 Å². The van der Waals surface area contributed by atoms with E-state index in [2.05, 4.69) is 34.1 Å². The van der Waals surface area contributed by atoms with Crippen molar-refractivity contribution in [3.8, 4) is 11.3 Å². The Bertz CT molecular complexity index is 1380. The van der Waals surface area contributed by atoms with Gasteiger partial charge in [0, 0.05) is 27.2 Å². The molecule has 0 spiro atoms. The Labute approximate surface area is 201 Å². The first-order valence-electron chi connectivity index (χ1n) is 10.1. The number of sulfonamides is 1. The number of hydrogen-bond acceptors (Lipinski definition) is 5. The summed E-state index contributed by atoms with van der Waals surface area (Å²) < 4.78 is 27.7. The van der Waals surface area contributed by atoms with E-state index in [1.54, 1.807) is 18.2 Å². The van der Waals surface area contributed by atoms with E-state index in [0.717, 1.165) is 17.7 Å². The van der Waals surface area contributed by atoms with E-state index in [4.69, 9.17) is 11.6 Å². The second-order valence-electron chi connectivity index (χ2n) is 7.18. The van der Waals surface area contributed by atoms with Gasteiger partial charge >= 0.3 is 0 Å². The van der Waals surface area contributed by atoms with E-state index < -0.39 is 10.0 Å². The van der Waals surface area contributed by atoms with Crippen molar-refractivity contribution in [2.45, 2.75) is 18.2 Å². The molecular weight excluding hydrogens is 478 g/mol. The number of carbonyl (C=O) groups is 1. The molecule has 0 radical (unpaired) electrons. The highest BCUT2D eigenvalue weighted by molar-refractivity contribution is 7.92. The highest BCUT2D eigenvalue weighted by Gasteiger charge is 2.16. The normalized spacial score (nSPS) is 11.2. The van der Waals surface area contributed by atoms with Gasteiger partial charge < -0.3 is 0 Å². The topological polar surface area (TPSA) is 88.2 Å². The summed E-state index contributed by atoms with van der Waals surface area (Å²) in [6.07, 6.45) is 0.966. The maximum absolute atomic E-state index is 12.7. The molecule has 2 N–H and O–H groups in total. The molecule has 4 aromatic rings. The lowest BCUT2D eigenvalue weighted by molar-refractivity contribution is 0.102. The van der Waals surface area contributed by atoms with Gasteiger partial charge in [0.2, 0.25) is 0 Å². The van der Waals surface area contributed by atoms with Gasteiger partial charge in [-0.15, -0.1) is 11.3 Å². The third-order valence-electron chi connectivity index (χ3n) is 4.88. The zero-order valence-corrected chi connectivity index (χ0v) is 20.0. The first-order valence-corrected chi connectivity index (χ1v) is 12.8. The largest absolute Gasteiger partial charge is 0.298 e. The quantitative estimate of drug-likeness (QED) is 0.324. The van der Waals surface area contributed by atoms with Crippen molar-refractivity contribution in [2.24, 2.45) is 0 Å². The molecule has 9 heteroatoms. The minimum Gasteiger partial charge on any atom is -0.298 e. The van der Waals surface area contributed by atoms with E-state index >= 15 is 0 Å². The lowest BCUT2D eigenvalue weighted by atomic mass is 10.1. The lowest BCUT2D eigenvalue weighted by Gasteiger charge is -2.09. The molecule has 0 fully saturated rings. The molecular formula is C24H20ClN3O3S2. The fourth-order valence-electron chi connectivity index (χ4n) is 3.10. The SMILES string of the molecule is CCc1ccc(-c2csc(NC(=O)c3cccc(NS(=O)(=O)c4ccc(Cl)cc4)c3)n2)cc1. The maximum Gasteiger partial charge on any atom is 0.261 e. The number of halogens is 1. The summed E-state index contributed by atoms with van der Waals surface area (Å²) in [5.74, 6) is -0.384. The second kappa shape index (κ2) is 9.74. The van der Waals surface area contributed by atoms with Gasteiger partial charge in [-0.2, -0.15) is 0 Å². The van der Waals surface area contributed by atoms with Crippen LogP contribution in [-0.4, -0.2) is 19.3 Å². The molecule has 168 valence electrons. The predicted molar refractivity (Wildman–Crippen MR) is 134 cm³/mol. The van der Waals surface area contributed by atoms with Crippen molar-refractivity contribution in [1.82, 2.24) is 4.98 Å². The summed E-state index contributed by atoms with van der Waals surface area (Å²) in [6, 6.07) is 20.2. The highest BCUT2D eigenvalue weighted by Crippen LogP contribution is 2.26. The number of benzene rings is 3. The molecule has 0 aliphatic rings. The van der Waals surface area contributed by atoms with E-state index in [9.17, 15) is 13.2 Å². The lowest BCUT2D eigenvalue weighted by Crippen LogP contribution is -2.15. The number of aromatic nitrogens is 1. The average Bonchev–Trinajstić information content (AvgIpc) is 3.28. The van der Waals surface area contributed by atoms with Crippen molar-refractivity contribution >= 4 is 49.7 Å². The molecule has 1 aromatic heterocycles. The number of aryl methyl sites for hydroxylation is 1. The van der Waals surface area contributed by atoms with E-state index in [1.165, 1.54) is 47.2 Å². The number of rotatable bonds is 7. The minimum absolute atomic E-state index is 0.0732. The van der Waals surface area contributed by atoms with Gasteiger partial charge in [0.15, 0.2) is 5.13 Å². The number of nitrogens with one attached hydrogen (secondary N) is 2. The van der Waals surface area contributed by atoms with Crippen LogP contribution in [0.4, 0.5) is 10.8 Å². The standard InChI is InChI=1S/C24H20ClN3O3S2/c1-2-16-6-8-17(9-7-16)22-15-32-24(26-22)27-23(29)18-4-3-5-20(14-18)28-33(30,31)21-12-10-19(25)11-13-21/h3-15,28H,2H2,1H3,(H,26,27,29). The summed E-state index contributed by atoms with van der Waals surface area (Å²) in [4.78, 5) is 17.3. The molecule has 0 bridgehead atoms. The third kappa shape index (κ3) is 5.60. The Morgan fingerprint density at radius 3 is 2.45 bits per heavy atom. The molecule has 3 aromatic carbocycles. The van der Waals surface area contributed by atoms with Crippen LogP contribution in [0, 0.1) is 0 Å². The summed E-state index contributed by atoms with van der Waals surface area (Å²) in [5.41, 5.74) is 3.57. The Hall–Kier alpha value is -3.20. The summed E-state index contributed by atoms with van der Waals surface area (Å²) in [6.45, 7) is 2.10. The number of thiazole rings is 1. The van der Waals surface area contributed by atoms with Crippen LogP contribution in [0.3, 0.4) is 0 Å². The Balaban J connectivity index is 1.47. The first-order chi connectivity index (χ1) is 15.8. The van der Waals surface area contributed by atoms with Gasteiger partial charge in [-0.05, 0) is 54.4 Å². The van der Waals surface area contributed by atoms with Gasteiger partial charge in [0.25, 0.3) is 15.9 Å². The van der Waals surface area contributed by atoms with Crippen molar-refractivity contribution in [3.63, 3.8) is 0 Å². The predicted octanol–water partition coefficient (Wildman–Crippen LogP) is 6.08. The van der Waals surface area contributed by atoms with E-state index in [-0.39, 0.29) is 16.5 Å². The van der Waals surface area contributed by atoms with Gasteiger partial charge in [0.05, 0.1) is 10.6 Å². The number of hydrogen-bond donors (Lipinski definition) is 2. The van der Waals surface area contributed by atoms with Crippen LogP contribution in [0.15, 0.2) is 83.1 Å².